The largest absolute Gasteiger partial charge is 0.495 e. The van der Waals surface area contributed by atoms with Gasteiger partial charge < -0.3 is 15.4 Å². The van der Waals surface area contributed by atoms with Crippen LogP contribution in [0.1, 0.15) is 10.4 Å². The van der Waals surface area contributed by atoms with Crippen molar-refractivity contribution < 1.29 is 9.53 Å². The number of para-hydroxylation sites is 1. The normalized spacial score (nSPS) is 10.2. The van der Waals surface area contributed by atoms with Crippen LogP contribution in [0.5, 0.6) is 5.75 Å². The monoisotopic (exact) mass is 353 g/mol. The Morgan fingerprint density at radius 3 is 2.52 bits per heavy atom. The second kappa shape index (κ2) is 7.68. The van der Waals surface area contributed by atoms with Gasteiger partial charge in [0.2, 0.25) is 0 Å². The van der Waals surface area contributed by atoms with Crippen LogP contribution in [-0.2, 0) is 0 Å². The number of amides is 1. The minimum Gasteiger partial charge on any atom is -0.495 e. The number of halogens is 1. The maximum Gasteiger partial charge on any atom is 0.257 e. The van der Waals surface area contributed by atoms with Gasteiger partial charge in [0.1, 0.15) is 5.75 Å². The van der Waals surface area contributed by atoms with Crippen LogP contribution >= 0.6 is 11.6 Å². The Labute approximate surface area is 150 Å². The Balaban J connectivity index is 1.74. The molecule has 3 aromatic rings. The maximum atomic E-state index is 12.4. The Morgan fingerprint density at radius 2 is 1.80 bits per heavy atom. The number of hydrogen-bond donors (Lipinski definition) is 2. The third-order valence-electron chi connectivity index (χ3n) is 3.47. The number of nitrogens with zero attached hydrogens (tertiary/aromatic N) is 1. The highest BCUT2D eigenvalue weighted by molar-refractivity contribution is 6.32. The lowest BCUT2D eigenvalue weighted by atomic mass is 10.2. The summed E-state index contributed by atoms with van der Waals surface area (Å²) in [6, 6.07) is 16.5. The molecule has 0 aliphatic heterocycles. The van der Waals surface area contributed by atoms with Gasteiger partial charge in [-0.2, -0.15) is 0 Å². The van der Waals surface area contributed by atoms with Gasteiger partial charge in [-0.15, -0.1) is 0 Å². The zero-order valence-electron chi connectivity index (χ0n) is 13.5. The molecule has 2 aromatic carbocycles. The molecule has 1 aromatic heterocycles. The smallest absolute Gasteiger partial charge is 0.257 e. The molecule has 0 radical (unpaired) electrons. The molecule has 0 aliphatic rings. The van der Waals surface area contributed by atoms with Gasteiger partial charge in [0.15, 0.2) is 0 Å². The van der Waals surface area contributed by atoms with Crippen molar-refractivity contribution in [3.05, 3.63) is 77.6 Å². The molecule has 0 fully saturated rings. The first kappa shape index (κ1) is 16.8. The fraction of sp³-hybridized carbons (Fsp3) is 0.0526. The molecule has 0 aliphatic carbocycles. The summed E-state index contributed by atoms with van der Waals surface area (Å²) in [4.78, 5) is 16.6. The van der Waals surface area contributed by atoms with Gasteiger partial charge in [0.05, 0.1) is 29.6 Å². The molecule has 0 bridgehead atoms. The number of methoxy groups -OCH3 is 1. The highest BCUT2D eigenvalue weighted by Crippen LogP contribution is 2.27. The number of hydrogen-bond acceptors (Lipinski definition) is 4. The predicted octanol–water partition coefficient (Wildman–Crippen LogP) is 4.74. The number of anilines is 3. The van der Waals surface area contributed by atoms with Crippen LogP contribution in [0.2, 0.25) is 5.02 Å². The molecule has 0 saturated carbocycles. The van der Waals surface area contributed by atoms with Crippen LogP contribution in [-0.4, -0.2) is 18.0 Å². The van der Waals surface area contributed by atoms with E-state index in [-0.39, 0.29) is 5.91 Å². The lowest BCUT2D eigenvalue weighted by Gasteiger charge is -2.10. The van der Waals surface area contributed by atoms with Crippen molar-refractivity contribution in [1.29, 1.82) is 0 Å². The van der Waals surface area contributed by atoms with Gasteiger partial charge in [-0.3, -0.25) is 9.78 Å². The van der Waals surface area contributed by atoms with E-state index in [1.807, 2.05) is 30.3 Å². The Hall–Kier alpha value is -3.05. The fourth-order valence-corrected chi connectivity index (χ4v) is 2.53. The summed E-state index contributed by atoms with van der Waals surface area (Å²) in [6.07, 6.45) is 3.17. The molecule has 2 N–H and O–H groups in total. The summed E-state index contributed by atoms with van der Waals surface area (Å²) in [5.74, 6) is 0.279. The molecular formula is C19H16ClN3O2. The molecular weight excluding hydrogens is 338 g/mol. The molecule has 6 heteroatoms. The SMILES string of the molecule is COc1ccc(NC(=O)c2cncc(Nc3ccccc3)c2)cc1Cl. The first-order chi connectivity index (χ1) is 12.2. The lowest BCUT2D eigenvalue weighted by molar-refractivity contribution is 0.102. The van der Waals surface area contributed by atoms with Crippen LogP contribution in [0.3, 0.4) is 0 Å². The number of rotatable bonds is 5. The number of carbonyl (C=O) groups excluding carboxylic acids is 1. The van der Waals surface area contributed by atoms with Crippen molar-refractivity contribution in [3.63, 3.8) is 0 Å². The van der Waals surface area contributed by atoms with E-state index in [4.69, 9.17) is 16.3 Å². The summed E-state index contributed by atoms with van der Waals surface area (Å²) in [6.45, 7) is 0. The molecule has 0 unspecified atom stereocenters. The quantitative estimate of drug-likeness (QED) is 0.695. The van der Waals surface area contributed by atoms with E-state index >= 15 is 0 Å². The first-order valence-corrected chi connectivity index (χ1v) is 7.95. The van der Waals surface area contributed by atoms with Gasteiger partial charge in [-0.1, -0.05) is 29.8 Å². The van der Waals surface area contributed by atoms with Gasteiger partial charge in [-0.25, -0.2) is 0 Å². The van der Waals surface area contributed by atoms with E-state index in [1.165, 1.54) is 13.3 Å². The van der Waals surface area contributed by atoms with Crippen LogP contribution in [0.15, 0.2) is 67.0 Å². The van der Waals surface area contributed by atoms with Crippen LogP contribution < -0.4 is 15.4 Å². The van der Waals surface area contributed by atoms with Gasteiger partial charge in [-0.05, 0) is 36.4 Å². The molecule has 25 heavy (non-hydrogen) atoms. The van der Waals surface area contributed by atoms with E-state index < -0.39 is 0 Å². The third-order valence-corrected chi connectivity index (χ3v) is 3.77. The molecule has 1 heterocycles. The van der Waals surface area contributed by atoms with Crippen molar-refractivity contribution in [1.82, 2.24) is 4.98 Å². The summed E-state index contributed by atoms with van der Waals surface area (Å²) in [5.41, 5.74) is 2.67. The third kappa shape index (κ3) is 4.28. The standard InChI is InChI=1S/C19H16ClN3O2/c1-25-18-8-7-15(10-17(18)20)23-19(24)13-9-16(12-21-11-13)22-14-5-3-2-4-6-14/h2-12,22H,1H3,(H,23,24). The van der Waals surface area contributed by atoms with E-state index in [0.717, 1.165) is 11.4 Å². The van der Waals surface area contributed by atoms with Gasteiger partial charge in [0.25, 0.3) is 5.91 Å². The molecule has 0 spiro atoms. The zero-order valence-corrected chi connectivity index (χ0v) is 14.2. The number of aromatic nitrogens is 1. The van der Waals surface area contributed by atoms with E-state index in [0.29, 0.717) is 22.0 Å². The summed E-state index contributed by atoms with van der Waals surface area (Å²) in [5, 5.41) is 6.43. The van der Waals surface area contributed by atoms with Crippen molar-refractivity contribution >= 4 is 34.6 Å². The Kier molecular flexibility index (Phi) is 5.16. The van der Waals surface area contributed by atoms with Gasteiger partial charge >= 0.3 is 0 Å². The number of carbonyl (C=O) groups is 1. The molecule has 126 valence electrons. The average Bonchev–Trinajstić information content (AvgIpc) is 2.63. The summed E-state index contributed by atoms with van der Waals surface area (Å²) >= 11 is 6.08. The van der Waals surface area contributed by atoms with Crippen molar-refractivity contribution in [2.75, 3.05) is 17.7 Å². The number of nitrogens with one attached hydrogen (secondary N) is 2. The predicted molar refractivity (Wildman–Crippen MR) is 99.9 cm³/mol. The maximum absolute atomic E-state index is 12.4. The average molecular weight is 354 g/mol. The van der Waals surface area contributed by atoms with Crippen LogP contribution in [0.25, 0.3) is 0 Å². The van der Waals surface area contributed by atoms with E-state index in [1.54, 1.807) is 30.5 Å². The van der Waals surface area contributed by atoms with E-state index in [2.05, 4.69) is 15.6 Å². The summed E-state index contributed by atoms with van der Waals surface area (Å²) < 4.78 is 5.10. The number of benzene rings is 2. The zero-order chi connectivity index (χ0) is 17.6. The minimum atomic E-state index is -0.273. The number of ether oxygens (including phenoxy) is 1. The number of pyridine rings is 1. The topological polar surface area (TPSA) is 63.2 Å². The van der Waals surface area contributed by atoms with E-state index in [9.17, 15) is 4.79 Å². The molecule has 0 saturated heterocycles. The summed E-state index contributed by atoms with van der Waals surface area (Å²) in [7, 11) is 1.54. The minimum absolute atomic E-state index is 0.273. The second-order valence-electron chi connectivity index (χ2n) is 5.26. The van der Waals surface area contributed by atoms with Crippen molar-refractivity contribution in [2.24, 2.45) is 0 Å². The molecule has 1 amide bonds. The Bertz CT molecular complexity index is 885. The lowest BCUT2D eigenvalue weighted by Crippen LogP contribution is -2.12. The van der Waals surface area contributed by atoms with Crippen LogP contribution in [0, 0.1) is 0 Å². The molecule has 0 atom stereocenters. The highest BCUT2D eigenvalue weighted by atomic mass is 35.5. The highest BCUT2D eigenvalue weighted by Gasteiger charge is 2.09. The molecule has 3 rings (SSSR count). The van der Waals surface area contributed by atoms with Crippen LogP contribution in [0.4, 0.5) is 17.1 Å². The van der Waals surface area contributed by atoms with Crippen molar-refractivity contribution in [2.45, 2.75) is 0 Å². The second-order valence-corrected chi connectivity index (χ2v) is 5.66. The van der Waals surface area contributed by atoms with Gasteiger partial charge in [0, 0.05) is 17.6 Å². The molecule has 5 nitrogen and oxygen atoms in total. The van der Waals surface area contributed by atoms with Crippen molar-refractivity contribution in [3.8, 4) is 5.75 Å². The fourth-order valence-electron chi connectivity index (χ4n) is 2.27. The Morgan fingerprint density at radius 1 is 1.00 bits per heavy atom. The first-order valence-electron chi connectivity index (χ1n) is 7.58.